The summed E-state index contributed by atoms with van der Waals surface area (Å²) >= 11 is 5.97. The van der Waals surface area contributed by atoms with Gasteiger partial charge in [-0.1, -0.05) is 6.08 Å². The number of aliphatic hydroxyl groups excluding tert-OH is 5. The lowest BCUT2D eigenvalue weighted by atomic mass is 10.0. The minimum Gasteiger partial charge on any atom is -0.395 e. The van der Waals surface area contributed by atoms with E-state index in [1.54, 1.807) is 0 Å². The Bertz CT molecular complexity index is 1350. The fraction of sp³-hybridized carbons (Fsp3) is 0.632. The number of phosphoric ester groups is 2. The molecule has 11 unspecified atom stereocenters. The molecular weight excluding hydrogens is 656 g/mol. The van der Waals surface area contributed by atoms with E-state index in [0.717, 1.165) is 22.9 Å². The van der Waals surface area contributed by atoms with Crippen molar-refractivity contribution in [3.8, 4) is 0 Å². The van der Waals surface area contributed by atoms with E-state index in [2.05, 4.69) is 14.2 Å². The maximum atomic E-state index is 12.6. The van der Waals surface area contributed by atoms with Gasteiger partial charge in [0.25, 0.3) is 5.56 Å². The molecule has 1 aromatic rings. The smallest absolute Gasteiger partial charge is 0.395 e. The second-order valence-corrected chi connectivity index (χ2v) is 13.4. The van der Waals surface area contributed by atoms with E-state index in [1.807, 2.05) is 4.98 Å². The summed E-state index contributed by atoms with van der Waals surface area (Å²) in [7, 11) is -11.1. The highest BCUT2D eigenvalue weighted by Crippen LogP contribution is 2.62. The molecule has 2 aliphatic heterocycles. The van der Waals surface area contributed by atoms with Crippen LogP contribution >= 0.6 is 39.0 Å². The average Bonchev–Trinajstić information content (AvgIpc) is 3.18. The minimum absolute atomic E-state index is 0.0514. The first kappa shape index (κ1) is 35.0. The van der Waals surface area contributed by atoms with Crippen LogP contribution in [0.1, 0.15) is 6.23 Å². The zero-order chi connectivity index (χ0) is 31.4. The Kier molecular flexibility index (Phi) is 12.1. The summed E-state index contributed by atoms with van der Waals surface area (Å²) in [4.78, 5) is 57.5. The Labute approximate surface area is 244 Å². The Morgan fingerprint density at radius 2 is 1.83 bits per heavy atom. The molecule has 2 fully saturated rings. The maximum Gasteiger partial charge on any atom is 0.482 e. The van der Waals surface area contributed by atoms with Gasteiger partial charge in [-0.15, -0.1) is 23.4 Å². The molecular formula is C19H28ClN3O16P2S. The lowest BCUT2D eigenvalue weighted by Crippen LogP contribution is -2.60. The van der Waals surface area contributed by atoms with Gasteiger partial charge in [-0.25, -0.2) is 13.9 Å². The van der Waals surface area contributed by atoms with Gasteiger partial charge < -0.3 is 45.4 Å². The van der Waals surface area contributed by atoms with Crippen LogP contribution in [-0.2, 0) is 32.0 Å². The number of phosphoric acid groups is 2. The third-order valence-corrected chi connectivity index (χ3v) is 10.2. The fourth-order valence-electron chi connectivity index (χ4n) is 3.89. The van der Waals surface area contributed by atoms with Crippen molar-refractivity contribution in [1.29, 1.82) is 0 Å². The van der Waals surface area contributed by atoms with Crippen molar-refractivity contribution in [2.45, 2.75) is 53.5 Å². The van der Waals surface area contributed by atoms with Gasteiger partial charge >= 0.3 is 21.3 Å². The number of ether oxygens (including phenoxy) is 1. The van der Waals surface area contributed by atoms with Crippen molar-refractivity contribution in [2.75, 3.05) is 19.1 Å². The van der Waals surface area contributed by atoms with E-state index < -0.39 is 99.5 Å². The lowest BCUT2D eigenvalue weighted by Gasteiger charge is -2.41. The Morgan fingerprint density at radius 3 is 2.45 bits per heavy atom. The number of amides is 1. The van der Waals surface area contributed by atoms with Crippen LogP contribution in [0, 0.1) is 0 Å². The summed E-state index contributed by atoms with van der Waals surface area (Å²) in [5.41, 5.74) is -3.48. The zero-order valence-corrected chi connectivity index (χ0v) is 24.4. The number of aromatic amines is 1. The largest absolute Gasteiger partial charge is 0.482 e. The number of carbonyl (C=O) groups excluding carboxylic acids is 1. The molecule has 9 N–H and O–H groups in total. The summed E-state index contributed by atoms with van der Waals surface area (Å²) in [6.07, 6.45) is -7.02. The Morgan fingerprint density at radius 1 is 1.14 bits per heavy atom. The van der Waals surface area contributed by atoms with E-state index in [1.165, 1.54) is 6.08 Å². The predicted molar refractivity (Wildman–Crippen MR) is 141 cm³/mol. The van der Waals surface area contributed by atoms with Gasteiger partial charge in [-0.05, 0) is 0 Å². The number of carbonyl (C=O) groups is 1. The number of aromatic nitrogens is 2. The standard InChI is InChI=1S/C19H28ClN3O16P2S/c20-4-1-2-10(25)21-12-15(29)14(28)9(6-24)42-18(12)38-41(34,35)39-40(32,33)36-7-8-13(27)16(30)17(37-8)23-5-3-11(26)22-19(23)31/h1-3,5,8-9,12-18,24,27-30H,4,6-7H2,(H,21,25)(H,32,33)(H,34,35)(H,22,26,31). The van der Waals surface area contributed by atoms with Crippen molar-refractivity contribution < 1.29 is 67.3 Å². The molecule has 1 aromatic heterocycles. The number of allylic oxidation sites excluding steroid dienone is 1. The normalized spacial score (nSPS) is 34.6. The quantitative estimate of drug-likeness (QED) is 0.0596. The molecule has 0 aromatic carbocycles. The first-order chi connectivity index (χ1) is 19.6. The van der Waals surface area contributed by atoms with Gasteiger partial charge in [-0.3, -0.25) is 28.2 Å². The molecule has 2 aliphatic rings. The number of nitrogens with zero attached hydrogens (tertiary/aromatic N) is 1. The second-order valence-electron chi connectivity index (χ2n) is 8.78. The van der Waals surface area contributed by atoms with Crippen molar-refractivity contribution in [3.63, 3.8) is 0 Å². The van der Waals surface area contributed by atoms with Crippen LogP contribution < -0.4 is 16.6 Å². The number of H-pyrrole nitrogens is 1. The summed E-state index contributed by atoms with van der Waals surface area (Å²) in [6, 6.07) is -0.665. The van der Waals surface area contributed by atoms with Gasteiger partial charge in [0.2, 0.25) is 5.91 Å². The highest BCUT2D eigenvalue weighted by molar-refractivity contribution is 8.00. The molecule has 3 rings (SSSR count). The Hall–Kier alpha value is -1.45. The van der Waals surface area contributed by atoms with Crippen LogP contribution in [0.3, 0.4) is 0 Å². The molecule has 1 amide bonds. The number of nitrogens with one attached hydrogen (secondary N) is 2. The number of alkyl halides is 1. The van der Waals surface area contributed by atoms with E-state index in [9.17, 15) is 58.8 Å². The van der Waals surface area contributed by atoms with Crippen LogP contribution in [-0.4, -0.2) is 117 Å². The predicted octanol–water partition coefficient (Wildman–Crippen LogP) is -3.16. The van der Waals surface area contributed by atoms with E-state index in [4.69, 9.17) is 20.9 Å². The molecule has 0 aliphatic carbocycles. The first-order valence-corrected chi connectivity index (χ1v) is 16.2. The van der Waals surface area contributed by atoms with Gasteiger partial charge in [0.05, 0.1) is 30.6 Å². The molecule has 0 spiro atoms. The molecule has 11 atom stereocenters. The minimum atomic E-state index is -5.58. The SMILES string of the molecule is O=C(C=CCCl)NC1C(OP(=O)(O)OP(=O)(O)OCC2OC(n3ccc(=O)[nH]c3=O)C(O)C2O)SC(CO)C(O)C1O. The zero-order valence-electron chi connectivity index (χ0n) is 21.1. The van der Waals surface area contributed by atoms with Crippen molar-refractivity contribution in [1.82, 2.24) is 14.9 Å². The van der Waals surface area contributed by atoms with Crippen LogP contribution in [0.2, 0.25) is 0 Å². The third kappa shape index (κ3) is 8.81. The molecule has 2 saturated heterocycles. The van der Waals surface area contributed by atoms with Gasteiger partial charge in [0.15, 0.2) is 6.23 Å². The number of hydrogen-bond donors (Lipinski definition) is 9. The molecule has 238 valence electrons. The second kappa shape index (κ2) is 14.6. The number of rotatable bonds is 12. The number of hydrogen-bond acceptors (Lipinski definition) is 15. The van der Waals surface area contributed by atoms with Crippen molar-refractivity contribution >= 4 is 44.9 Å². The fourth-order valence-corrected chi connectivity index (χ4v) is 7.77. The van der Waals surface area contributed by atoms with Crippen molar-refractivity contribution in [3.05, 3.63) is 45.3 Å². The van der Waals surface area contributed by atoms with Gasteiger partial charge in [0.1, 0.15) is 29.9 Å². The highest BCUT2D eigenvalue weighted by atomic mass is 35.5. The number of thioether (sulfide) groups is 1. The average molecular weight is 684 g/mol. The topological polar surface area (TPSA) is 297 Å². The summed E-state index contributed by atoms with van der Waals surface area (Å²) < 4.78 is 44.9. The van der Waals surface area contributed by atoms with E-state index >= 15 is 0 Å². The molecule has 23 heteroatoms. The molecule has 3 heterocycles. The van der Waals surface area contributed by atoms with Crippen LogP contribution in [0.25, 0.3) is 0 Å². The molecule has 0 radical (unpaired) electrons. The molecule has 19 nitrogen and oxygen atoms in total. The van der Waals surface area contributed by atoms with Crippen molar-refractivity contribution in [2.24, 2.45) is 0 Å². The van der Waals surface area contributed by atoms with Gasteiger partial charge in [-0.2, -0.15) is 4.31 Å². The monoisotopic (exact) mass is 683 g/mol. The lowest BCUT2D eigenvalue weighted by molar-refractivity contribution is -0.120. The Balaban J connectivity index is 1.67. The molecule has 0 saturated carbocycles. The molecule has 0 bridgehead atoms. The van der Waals surface area contributed by atoms with Crippen LogP contribution in [0.5, 0.6) is 0 Å². The summed E-state index contributed by atoms with van der Waals surface area (Å²) in [5, 5.41) is 51.7. The number of aliphatic hydroxyl groups is 5. The van der Waals surface area contributed by atoms with Crippen LogP contribution in [0.15, 0.2) is 34.0 Å². The first-order valence-electron chi connectivity index (χ1n) is 11.8. The van der Waals surface area contributed by atoms with Gasteiger partial charge in [0, 0.05) is 24.2 Å². The number of halogens is 1. The molecule has 42 heavy (non-hydrogen) atoms. The summed E-state index contributed by atoms with van der Waals surface area (Å²) in [6.45, 7) is -1.77. The highest BCUT2D eigenvalue weighted by Gasteiger charge is 2.50. The third-order valence-electron chi connectivity index (χ3n) is 5.86. The van der Waals surface area contributed by atoms with E-state index in [-0.39, 0.29) is 5.88 Å². The maximum absolute atomic E-state index is 12.6. The summed E-state index contributed by atoms with van der Waals surface area (Å²) in [5.74, 6) is -0.905. The van der Waals surface area contributed by atoms with Crippen LogP contribution in [0.4, 0.5) is 0 Å². The van der Waals surface area contributed by atoms with E-state index in [0.29, 0.717) is 11.8 Å².